The smallest absolute Gasteiger partial charge is 0.251 e. The molecule has 0 saturated carbocycles. The molecule has 0 saturated heterocycles. The fourth-order valence-electron chi connectivity index (χ4n) is 3.33. The number of hydrogen-bond donors (Lipinski definition) is 1. The first-order chi connectivity index (χ1) is 14.6. The molecule has 30 heavy (non-hydrogen) atoms. The van der Waals surface area contributed by atoms with E-state index in [0.29, 0.717) is 18.0 Å². The summed E-state index contributed by atoms with van der Waals surface area (Å²) in [7, 11) is 1.67. The number of fused-ring (bicyclic) bond motifs is 2. The number of aliphatic imine (C=N–C) groups is 1. The van der Waals surface area contributed by atoms with E-state index >= 15 is 0 Å². The van der Waals surface area contributed by atoms with E-state index in [4.69, 9.17) is 9.73 Å². The van der Waals surface area contributed by atoms with Gasteiger partial charge in [-0.1, -0.05) is 55.9 Å². The second kappa shape index (κ2) is 8.76. The molecule has 0 radical (unpaired) electrons. The van der Waals surface area contributed by atoms with Crippen molar-refractivity contribution in [3.05, 3.63) is 83.4 Å². The normalized spacial score (nSPS) is 12.5. The lowest BCUT2D eigenvalue weighted by atomic mass is 10.0. The van der Waals surface area contributed by atoms with Crippen molar-refractivity contribution >= 4 is 29.1 Å². The summed E-state index contributed by atoms with van der Waals surface area (Å²) < 4.78 is 5.61. The average molecular weight is 417 g/mol. The number of rotatable bonds is 5. The minimum atomic E-state index is -0.0766. The minimum Gasteiger partial charge on any atom is -0.496 e. The number of amides is 1. The summed E-state index contributed by atoms with van der Waals surface area (Å²) in [6, 6.07) is 21.8. The van der Waals surface area contributed by atoms with Gasteiger partial charge in [0.05, 0.1) is 18.5 Å². The molecule has 4 rings (SSSR count). The van der Waals surface area contributed by atoms with Crippen LogP contribution in [0.15, 0.2) is 81.5 Å². The average Bonchev–Trinajstić information content (AvgIpc) is 2.93. The number of nitrogens with zero attached hydrogens (tertiary/aromatic N) is 1. The highest BCUT2D eigenvalue weighted by molar-refractivity contribution is 7.99. The van der Waals surface area contributed by atoms with Crippen LogP contribution in [-0.4, -0.2) is 25.3 Å². The standard InChI is InChI=1S/C25H24N2O2S/c1-16(2)15-26-25(28)17-12-13-23-20(14-17)27-24(18-8-4-6-10-21(18)29-3)19-9-5-7-11-22(19)30-23/h4-14,16H,15H2,1-3H3,(H,26,28). The predicted octanol–water partition coefficient (Wildman–Crippen LogP) is 5.71. The van der Waals surface area contributed by atoms with Crippen LogP contribution < -0.4 is 10.1 Å². The molecule has 0 aliphatic carbocycles. The van der Waals surface area contributed by atoms with Crippen LogP contribution in [0.2, 0.25) is 0 Å². The summed E-state index contributed by atoms with van der Waals surface area (Å²) >= 11 is 1.67. The van der Waals surface area contributed by atoms with Crippen LogP contribution in [-0.2, 0) is 0 Å². The van der Waals surface area contributed by atoms with Gasteiger partial charge in [-0.2, -0.15) is 0 Å². The van der Waals surface area contributed by atoms with Crippen LogP contribution in [0.25, 0.3) is 0 Å². The minimum absolute atomic E-state index is 0.0766. The molecule has 0 bridgehead atoms. The Morgan fingerprint density at radius 2 is 1.73 bits per heavy atom. The zero-order valence-electron chi connectivity index (χ0n) is 17.3. The summed E-state index contributed by atoms with van der Waals surface area (Å²) in [5.74, 6) is 1.09. The Morgan fingerprint density at radius 1 is 1.00 bits per heavy atom. The first kappa shape index (κ1) is 20.2. The van der Waals surface area contributed by atoms with E-state index in [1.54, 1.807) is 18.9 Å². The number of hydrogen-bond acceptors (Lipinski definition) is 4. The van der Waals surface area contributed by atoms with Crippen molar-refractivity contribution in [2.45, 2.75) is 23.6 Å². The van der Waals surface area contributed by atoms with Gasteiger partial charge in [-0.3, -0.25) is 4.79 Å². The van der Waals surface area contributed by atoms with Gasteiger partial charge >= 0.3 is 0 Å². The fourth-order valence-corrected chi connectivity index (χ4v) is 4.33. The molecular weight excluding hydrogens is 392 g/mol. The fraction of sp³-hybridized carbons (Fsp3) is 0.200. The molecule has 0 atom stereocenters. The van der Waals surface area contributed by atoms with E-state index in [0.717, 1.165) is 38.1 Å². The number of carbonyl (C=O) groups excluding carboxylic acids is 1. The van der Waals surface area contributed by atoms with Gasteiger partial charge in [-0.15, -0.1) is 0 Å². The van der Waals surface area contributed by atoms with Crippen LogP contribution in [0.5, 0.6) is 5.75 Å². The highest BCUT2D eigenvalue weighted by Gasteiger charge is 2.21. The molecule has 152 valence electrons. The lowest BCUT2D eigenvalue weighted by Crippen LogP contribution is -2.27. The Labute approximate surface area is 181 Å². The Balaban J connectivity index is 1.84. The molecule has 0 unspecified atom stereocenters. The second-order valence-electron chi connectivity index (χ2n) is 7.55. The molecule has 1 heterocycles. The lowest BCUT2D eigenvalue weighted by molar-refractivity contribution is 0.0949. The molecule has 0 spiro atoms. The molecule has 1 N–H and O–H groups in total. The van der Waals surface area contributed by atoms with E-state index < -0.39 is 0 Å². The summed E-state index contributed by atoms with van der Waals surface area (Å²) in [6.07, 6.45) is 0. The first-order valence-corrected chi connectivity index (χ1v) is 10.8. The molecule has 0 aromatic heterocycles. The zero-order valence-corrected chi connectivity index (χ0v) is 18.1. The van der Waals surface area contributed by atoms with Crippen molar-refractivity contribution in [3.63, 3.8) is 0 Å². The van der Waals surface area contributed by atoms with Gasteiger partial charge in [0.25, 0.3) is 5.91 Å². The number of benzene rings is 3. The topological polar surface area (TPSA) is 50.7 Å². The highest BCUT2D eigenvalue weighted by Crippen LogP contribution is 2.42. The van der Waals surface area contributed by atoms with E-state index in [1.807, 2.05) is 54.6 Å². The van der Waals surface area contributed by atoms with Gasteiger partial charge in [-0.05, 0) is 42.3 Å². The van der Waals surface area contributed by atoms with Crippen LogP contribution in [0, 0.1) is 5.92 Å². The van der Waals surface area contributed by atoms with E-state index in [-0.39, 0.29) is 5.91 Å². The van der Waals surface area contributed by atoms with Gasteiger partial charge in [0.1, 0.15) is 5.75 Å². The summed E-state index contributed by atoms with van der Waals surface area (Å²) in [5, 5.41) is 2.98. The Morgan fingerprint density at radius 3 is 2.50 bits per heavy atom. The highest BCUT2D eigenvalue weighted by atomic mass is 32.2. The molecular formula is C25H24N2O2S. The number of carbonyl (C=O) groups is 1. The van der Waals surface area contributed by atoms with E-state index in [1.165, 1.54) is 0 Å². The molecule has 1 amide bonds. The molecule has 0 fully saturated rings. The van der Waals surface area contributed by atoms with Crippen molar-refractivity contribution < 1.29 is 9.53 Å². The van der Waals surface area contributed by atoms with Crippen molar-refractivity contribution in [1.82, 2.24) is 5.32 Å². The molecule has 3 aromatic carbocycles. The maximum atomic E-state index is 12.6. The SMILES string of the molecule is COc1ccccc1C1=Nc2cc(C(=O)NCC(C)C)ccc2Sc2ccccc21. The van der Waals surface area contributed by atoms with Crippen LogP contribution in [0.1, 0.15) is 35.3 Å². The van der Waals surface area contributed by atoms with Gasteiger partial charge in [0, 0.05) is 33.0 Å². The second-order valence-corrected chi connectivity index (χ2v) is 8.63. The maximum Gasteiger partial charge on any atom is 0.251 e. The van der Waals surface area contributed by atoms with Crippen LogP contribution in [0.3, 0.4) is 0 Å². The summed E-state index contributed by atoms with van der Waals surface area (Å²) in [4.78, 5) is 19.8. The Hall–Kier alpha value is -3.05. The van der Waals surface area contributed by atoms with Gasteiger partial charge < -0.3 is 10.1 Å². The third kappa shape index (κ3) is 4.12. The number of methoxy groups -OCH3 is 1. The monoisotopic (exact) mass is 416 g/mol. The van der Waals surface area contributed by atoms with Crippen molar-refractivity contribution in [1.29, 1.82) is 0 Å². The Bertz CT molecular complexity index is 1120. The Kier molecular flexibility index (Phi) is 5.91. The summed E-state index contributed by atoms with van der Waals surface area (Å²) in [6.45, 7) is 4.80. The van der Waals surface area contributed by atoms with E-state index in [9.17, 15) is 4.79 Å². The number of nitrogens with one attached hydrogen (secondary N) is 1. The molecule has 1 aliphatic heterocycles. The van der Waals surface area contributed by atoms with Crippen molar-refractivity contribution in [2.24, 2.45) is 10.9 Å². The molecule has 4 nitrogen and oxygen atoms in total. The first-order valence-electron chi connectivity index (χ1n) is 9.98. The third-order valence-electron chi connectivity index (χ3n) is 4.85. The summed E-state index contributed by atoms with van der Waals surface area (Å²) in [5.41, 5.74) is 4.22. The number of para-hydroxylation sites is 1. The molecule has 1 aliphatic rings. The van der Waals surface area contributed by atoms with Crippen molar-refractivity contribution in [3.8, 4) is 5.75 Å². The predicted molar refractivity (Wildman–Crippen MR) is 122 cm³/mol. The maximum absolute atomic E-state index is 12.6. The zero-order chi connectivity index (χ0) is 21.1. The van der Waals surface area contributed by atoms with Crippen molar-refractivity contribution in [2.75, 3.05) is 13.7 Å². The third-order valence-corrected chi connectivity index (χ3v) is 5.99. The number of ether oxygens (including phenoxy) is 1. The van der Waals surface area contributed by atoms with Gasteiger partial charge in [-0.25, -0.2) is 4.99 Å². The molecule has 3 aromatic rings. The lowest BCUT2D eigenvalue weighted by Gasteiger charge is -2.12. The largest absolute Gasteiger partial charge is 0.496 e. The van der Waals surface area contributed by atoms with E-state index in [2.05, 4.69) is 31.3 Å². The quantitative estimate of drug-likeness (QED) is 0.453. The van der Waals surface area contributed by atoms with Gasteiger partial charge in [0.15, 0.2) is 0 Å². The van der Waals surface area contributed by atoms with Gasteiger partial charge in [0.2, 0.25) is 0 Å². The molecule has 5 heteroatoms. The van der Waals surface area contributed by atoms with Crippen LogP contribution >= 0.6 is 11.8 Å². The van der Waals surface area contributed by atoms with Crippen LogP contribution in [0.4, 0.5) is 5.69 Å².